The predicted molar refractivity (Wildman–Crippen MR) is 108 cm³/mol. The summed E-state index contributed by atoms with van der Waals surface area (Å²) in [6.07, 6.45) is 0. The molecule has 0 saturated heterocycles. The third-order valence-electron chi connectivity index (χ3n) is 4.36. The fourth-order valence-corrected chi connectivity index (χ4v) is 4.08. The van der Waals surface area contributed by atoms with Gasteiger partial charge in [0.1, 0.15) is 23.7 Å². The van der Waals surface area contributed by atoms with Gasteiger partial charge in [0.2, 0.25) is 0 Å². The van der Waals surface area contributed by atoms with Gasteiger partial charge in [0.25, 0.3) is 0 Å². The average Bonchev–Trinajstić information content (AvgIpc) is 2.67. The molecule has 0 aromatic heterocycles. The summed E-state index contributed by atoms with van der Waals surface area (Å²) in [5.74, 6) is -1.35. The van der Waals surface area contributed by atoms with E-state index in [4.69, 9.17) is 9.84 Å². The number of sulfone groups is 1. The van der Waals surface area contributed by atoms with Crippen LogP contribution >= 0.6 is 0 Å². The summed E-state index contributed by atoms with van der Waals surface area (Å²) in [5.41, 5.74) is 2.27. The fourth-order valence-electron chi connectivity index (χ4n) is 2.73. The highest BCUT2D eigenvalue weighted by atomic mass is 32.2. The van der Waals surface area contributed by atoms with Crippen molar-refractivity contribution in [2.45, 2.75) is 24.2 Å². The summed E-state index contributed by atoms with van der Waals surface area (Å²) < 4.78 is 30.6. The maximum atomic E-state index is 12.5. The molecule has 7 heteroatoms. The molecule has 3 rings (SSSR count). The van der Waals surface area contributed by atoms with Crippen molar-refractivity contribution in [2.75, 3.05) is 0 Å². The van der Waals surface area contributed by atoms with E-state index in [1.165, 1.54) is 18.2 Å². The Kier molecular flexibility index (Phi) is 5.89. The molecule has 0 amide bonds. The van der Waals surface area contributed by atoms with E-state index in [1.807, 2.05) is 6.92 Å². The van der Waals surface area contributed by atoms with Gasteiger partial charge in [-0.15, -0.1) is 0 Å². The summed E-state index contributed by atoms with van der Waals surface area (Å²) in [5, 5.41) is 18.6. The molecule has 0 atom stereocenters. The third-order valence-corrected chi connectivity index (χ3v) is 6.07. The van der Waals surface area contributed by atoms with Crippen molar-refractivity contribution in [1.82, 2.24) is 0 Å². The Bertz CT molecular complexity index is 1120. The second-order valence-electron chi connectivity index (χ2n) is 6.66. The second kappa shape index (κ2) is 8.36. The molecular formula is C22H20O6S. The molecular weight excluding hydrogens is 392 g/mol. The van der Waals surface area contributed by atoms with Gasteiger partial charge in [0, 0.05) is 6.07 Å². The van der Waals surface area contributed by atoms with Crippen molar-refractivity contribution in [3.05, 3.63) is 89.0 Å². The van der Waals surface area contributed by atoms with Crippen LogP contribution in [0.25, 0.3) is 0 Å². The molecule has 3 aromatic carbocycles. The van der Waals surface area contributed by atoms with Gasteiger partial charge in [0.05, 0.1) is 10.6 Å². The Hall–Kier alpha value is -3.32. The fraction of sp³-hybridized carbons (Fsp3) is 0.136. The van der Waals surface area contributed by atoms with Crippen LogP contribution in [0.5, 0.6) is 11.5 Å². The Morgan fingerprint density at radius 1 is 0.931 bits per heavy atom. The molecule has 0 radical (unpaired) electrons. The highest BCUT2D eigenvalue weighted by Crippen LogP contribution is 2.24. The minimum absolute atomic E-state index is 0.0955. The number of phenols is 1. The highest BCUT2D eigenvalue weighted by molar-refractivity contribution is 7.90. The molecule has 0 saturated carbocycles. The lowest BCUT2D eigenvalue weighted by Gasteiger charge is -2.09. The lowest BCUT2D eigenvalue weighted by Crippen LogP contribution is -2.05. The van der Waals surface area contributed by atoms with Crippen LogP contribution in [0.2, 0.25) is 0 Å². The summed E-state index contributed by atoms with van der Waals surface area (Å²) in [6, 6.07) is 17.7. The van der Waals surface area contributed by atoms with Crippen LogP contribution in [-0.4, -0.2) is 24.6 Å². The maximum Gasteiger partial charge on any atom is 0.339 e. The molecule has 0 bridgehead atoms. The van der Waals surface area contributed by atoms with Crippen molar-refractivity contribution in [3.8, 4) is 11.5 Å². The smallest absolute Gasteiger partial charge is 0.339 e. The number of aryl methyl sites for hydroxylation is 1. The van der Waals surface area contributed by atoms with Crippen molar-refractivity contribution >= 4 is 15.8 Å². The number of carboxylic acids is 1. The number of hydrogen-bond acceptors (Lipinski definition) is 5. The van der Waals surface area contributed by atoms with E-state index in [2.05, 4.69) is 0 Å². The first kappa shape index (κ1) is 20.4. The summed E-state index contributed by atoms with van der Waals surface area (Å²) in [7, 11) is -3.42. The summed E-state index contributed by atoms with van der Waals surface area (Å²) in [6.45, 7) is 2.09. The van der Waals surface area contributed by atoms with Crippen LogP contribution in [0.4, 0.5) is 0 Å². The zero-order valence-corrected chi connectivity index (χ0v) is 16.5. The standard InChI is InChI=1S/C22H20O6S/c1-15-2-9-19(10-3-15)29(26,27)14-17-6-4-16(5-7-17)13-28-18-8-11-20(22(24)25)21(23)12-18/h2-12,23H,13-14H2,1H3,(H,24,25). The zero-order valence-electron chi connectivity index (χ0n) is 15.7. The van der Waals surface area contributed by atoms with Gasteiger partial charge in [-0.25, -0.2) is 13.2 Å². The molecule has 0 fully saturated rings. The van der Waals surface area contributed by atoms with Crippen molar-refractivity contribution < 1.29 is 28.2 Å². The minimum Gasteiger partial charge on any atom is -0.507 e. The van der Waals surface area contributed by atoms with Crippen LogP contribution in [0.1, 0.15) is 27.0 Å². The van der Waals surface area contributed by atoms with E-state index in [0.29, 0.717) is 16.2 Å². The van der Waals surface area contributed by atoms with Crippen LogP contribution in [-0.2, 0) is 22.2 Å². The quantitative estimate of drug-likeness (QED) is 0.609. The number of benzene rings is 3. The molecule has 150 valence electrons. The van der Waals surface area contributed by atoms with E-state index in [9.17, 15) is 18.3 Å². The number of aromatic hydroxyl groups is 1. The number of carbonyl (C=O) groups is 1. The predicted octanol–water partition coefficient (Wildman–Crippen LogP) is 3.95. The van der Waals surface area contributed by atoms with Gasteiger partial charge in [0.15, 0.2) is 9.84 Å². The lowest BCUT2D eigenvalue weighted by molar-refractivity contribution is 0.0693. The first-order chi connectivity index (χ1) is 13.7. The van der Waals surface area contributed by atoms with E-state index in [-0.39, 0.29) is 23.7 Å². The first-order valence-electron chi connectivity index (χ1n) is 8.81. The highest BCUT2D eigenvalue weighted by Gasteiger charge is 2.15. The zero-order chi connectivity index (χ0) is 21.0. The van der Waals surface area contributed by atoms with Crippen LogP contribution < -0.4 is 4.74 Å². The summed E-state index contributed by atoms with van der Waals surface area (Å²) >= 11 is 0. The average molecular weight is 412 g/mol. The van der Waals surface area contributed by atoms with Crippen LogP contribution in [0.15, 0.2) is 71.6 Å². The topological polar surface area (TPSA) is 101 Å². The summed E-state index contributed by atoms with van der Waals surface area (Å²) in [4.78, 5) is 11.2. The van der Waals surface area contributed by atoms with Crippen LogP contribution in [0.3, 0.4) is 0 Å². The number of rotatable bonds is 7. The van der Waals surface area contributed by atoms with Crippen molar-refractivity contribution in [1.29, 1.82) is 0 Å². The van der Waals surface area contributed by atoms with Gasteiger partial charge in [-0.3, -0.25) is 0 Å². The Morgan fingerprint density at radius 3 is 2.14 bits per heavy atom. The molecule has 0 aliphatic heterocycles. The largest absolute Gasteiger partial charge is 0.507 e. The minimum atomic E-state index is -3.42. The molecule has 6 nitrogen and oxygen atoms in total. The molecule has 2 N–H and O–H groups in total. The normalized spacial score (nSPS) is 11.2. The van der Waals surface area contributed by atoms with Gasteiger partial charge in [-0.1, -0.05) is 42.0 Å². The molecule has 29 heavy (non-hydrogen) atoms. The number of aromatic carboxylic acids is 1. The SMILES string of the molecule is Cc1ccc(S(=O)(=O)Cc2ccc(COc3ccc(C(=O)O)c(O)c3)cc2)cc1. The third kappa shape index (κ3) is 5.14. The van der Waals surface area contributed by atoms with Gasteiger partial charge in [-0.2, -0.15) is 0 Å². The molecule has 0 unspecified atom stereocenters. The van der Waals surface area contributed by atoms with E-state index >= 15 is 0 Å². The van der Waals surface area contributed by atoms with Crippen LogP contribution in [0, 0.1) is 6.92 Å². The molecule has 0 aliphatic rings. The van der Waals surface area contributed by atoms with E-state index in [1.54, 1.807) is 48.5 Å². The van der Waals surface area contributed by atoms with Crippen molar-refractivity contribution in [2.24, 2.45) is 0 Å². The Labute approximate surface area is 168 Å². The molecule has 0 spiro atoms. The first-order valence-corrected chi connectivity index (χ1v) is 10.5. The second-order valence-corrected chi connectivity index (χ2v) is 8.65. The Balaban J connectivity index is 1.64. The van der Waals surface area contributed by atoms with Gasteiger partial charge in [-0.05, 0) is 42.3 Å². The molecule has 0 heterocycles. The van der Waals surface area contributed by atoms with E-state index < -0.39 is 15.8 Å². The maximum absolute atomic E-state index is 12.5. The van der Waals surface area contributed by atoms with Gasteiger partial charge >= 0.3 is 5.97 Å². The molecule has 0 aliphatic carbocycles. The number of hydrogen-bond donors (Lipinski definition) is 2. The monoisotopic (exact) mass is 412 g/mol. The lowest BCUT2D eigenvalue weighted by atomic mass is 10.1. The molecule has 3 aromatic rings. The number of ether oxygens (including phenoxy) is 1. The number of carboxylic acid groups (broad SMARTS) is 1. The Morgan fingerprint density at radius 2 is 1.55 bits per heavy atom. The van der Waals surface area contributed by atoms with Crippen molar-refractivity contribution in [3.63, 3.8) is 0 Å². The van der Waals surface area contributed by atoms with Gasteiger partial charge < -0.3 is 14.9 Å². The van der Waals surface area contributed by atoms with E-state index in [0.717, 1.165) is 11.1 Å².